The molecule has 1 saturated heterocycles. The van der Waals surface area contributed by atoms with Crippen LogP contribution in [-0.4, -0.2) is 83.6 Å². The molecule has 9 nitrogen and oxygen atoms in total. The zero-order valence-corrected chi connectivity index (χ0v) is 21.5. The van der Waals surface area contributed by atoms with Crippen molar-refractivity contribution in [1.82, 2.24) is 24.3 Å². The van der Waals surface area contributed by atoms with Crippen molar-refractivity contribution in [3.63, 3.8) is 0 Å². The largest absolute Gasteiger partial charge is 0.369 e. The van der Waals surface area contributed by atoms with Gasteiger partial charge >= 0.3 is 0 Å². The van der Waals surface area contributed by atoms with Gasteiger partial charge in [0.1, 0.15) is 11.3 Å². The molecule has 1 aliphatic carbocycles. The van der Waals surface area contributed by atoms with Crippen LogP contribution in [0.15, 0.2) is 36.5 Å². The van der Waals surface area contributed by atoms with Gasteiger partial charge in [-0.25, -0.2) is 4.98 Å². The molecule has 0 radical (unpaired) electrons. The van der Waals surface area contributed by atoms with Crippen LogP contribution in [0, 0.1) is 0 Å². The molecule has 3 aromatic rings. The van der Waals surface area contributed by atoms with E-state index in [1.54, 1.807) is 19.0 Å². The van der Waals surface area contributed by atoms with Crippen LogP contribution in [0.1, 0.15) is 48.6 Å². The molecule has 5 rings (SSSR count). The monoisotopic (exact) mass is 490 g/mol. The normalized spacial score (nSPS) is 17.1. The van der Waals surface area contributed by atoms with E-state index >= 15 is 0 Å². The summed E-state index contributed by atoms with van der Waals surface area (Å²) >= 11 is 0. The van der Waals surface area contributed by atoms with Crippen molar-refractivity contribution < 1.29 is 4.79 Å². The Morgan fingerprint density at radius 1 is 1.11 bits per heavy atom. The number of rotatable bonds is 8. The number of carbonyl (C=O) groups excluding carboxylic acids is 1. The van der Waals surface area contributed by atoms with Crippen molar-refractivity contribution in [3.05, 3.63) is 42.2 Å². The molecule has 0 unspecified atom stereocenters. The van der Waals surface area contributed by atoms with Crippen LogP contribution < -0.4 is 16.0 Å². The van der Waals surface area contributed by atoms with Crippen LogP contribution in [-0.2, 0) is 0 Å². The third kappa shape index (κ3) is 5.17. The third-order valence-corrected chi connectivity index (χ3v) is 7.43. The lowest BCUT2D eigenvalue weighted by atomic mass is 10.2. The predicted octanol–water partition coefficient (Wildman–Crippen LogP) is 3.46. The zero-order valence-electron chi connectivity index (χ0n) is 21.5. The molecule has 0 bridgehead atoms. The summed E-state index contributed by atoms with van der Waals surface area (Å²) in [5.41, 5.74) is 9.36. The van der Waals surface area contributed by atoms with Crippen molar-refractivity contribution in [1.29, 1.82) is 0 Å². The molecule has 192 valence electrons. The summed E-state index contributed by atoms with van der Waals surface area (Å²) in [7, 11) is 3.59. The maximum absolute atomic E-state index is 12.9. The first-order valence-electron chi connectivity index (χ1n) is 13.2. The number of hydrogen-bond donors (Lipinski definition) is 2. The third-order valence-electron chi connectivity index (χ3n) is 7.43. The molecular formula is C27H38N8O. The molecule has 36 heavy (non-hydrogen) atoms. The van der Waals surface area contributed by atoms with Gasteiger partial charge in [0, 0.05) is 69.3 Å². The molecule has 1 aromatic carbocycles. The minimum absolute atomic E-state index is 0.00483. The fraction of sp³-hybridized carbons (Fsp3) is 0.519. The molecule has 1 saturated carbocycles. The van der Waals surface area contributed by atoms with Crippen LogP contribution in [0.3, 0.4) is 0 Å². The Kier molecular flexibility index (Phi) is 7.38. The second kappa shape index (κ2) is 10.8. The number of carbonyl (C=O) groups is 1. The lowest BCUT2D eigenvalue weighted by Gasteiger charge is -2.36. The molecule has 2 aliphatic rings. The standard InChI is InChI=1S/C27H38N8O/c1-32(2)26(36)24-18-20-19-29-27(31-25(20)35(24)23-6-3-4-7-23)30-21-8-10-22(11-9-21)34-16-14-33(15-17-34)13-5-12-28/h8-11,18-19,23H,3-7,12-17,28H2,1-2H3,(H,29,30,31). The first-order chi connectivity index (χ1) is 17.5. The molecule has 3 N–H and O–H groups in total. The van der Waals surface area contributed by atoms with E-state index in [0.717, 1.165) is 75.3 Å². The van der Waals surface area contributed by atoms with E-state index in [2.05, 4.69) is 48.9 Å². The van der Waals surface area contributed by atoms with Crippen molar-refractivity contribution in [3.8, 4) is 0 Å². The lowest BCUT2D eigenvalue weighted by molar-refractivity contribution is 0.0815. The number of amides is 1. The topological polar surface area (TPSA) is 95.6 Å². The minimum Gasteiger partial charge on any atom is -0.369 e. The number of fused-ring (bicyclic) bond motifs is 1. The second-order valence-electron chi connectivity index (χ2n) is 10.2. The summed E-state index contributed by atoms with van der Waals surface area (Å²) in [6, 6.07) is 10.7. The molecular weight excluding hydrogens is 452 g/mol. The Morgan fingerprint density at radius 3 is 2.50 bits per heavy atom. The summed E-state index contributed by atoms with van der Waals surface area (Å²) in [5.74, 6) is 0.551. The summed E-state index contributed by atoms with van der Waals surface area (Å²) < 4.78 is 2.15. The quantitative estimate of drug-likeness (QED) is 0.499. The number of nitrogens with one attached hydrogen (secondary N) is 1. The van der Waals surface area contributed by atoms with Crippen molar-refractivity contribution >= 4 is 34.3 Å². The van der Waals surface area contributed by atoms with Crippen molar-refractivity contribution in [2.45, 2.75) is 38.1 Å². The summed E-state index contributed by atoms with van der Waals surface area (Å²) in [6.07, 6.45) is 7.41. The maximum Gasteiger partial charge on any atom is 0.270 e. The second-order valence-corrected chi connectivity index (χ2v) is 10.2. The Labute approximate surface area is 213 Å². The average molecular weight is 491 g/mol. The SMILES string of the molecule is CN(C)C(=O)c1cc2cnc(Nc3ccc(N4CCN(CCCN)CC4)cc3)nc2n1C1CCCC1. The molecule has 2 fully saturated rings. The van der Waals surface area contributed by atoms with Crippen LogP contribution in [0.25, 0.3) is 11.0 Å². The summed E-state index contributed by atoms with van der Waals surface area (Å²) in [6.45, 7) is 6.06. The smallest absolute Gasteiger partial charge is 0.270 e. The Balaban J connectivity index is 1.32. The Bertz CT molecular complexity index is 1170. The van der Waals surface area contributed by atoms with Gasteiger partial charge < -0.3 is 25.4 Å². The van der Waals surface area contributed by atoms with Gasteiger partial charge in [0.05, 0.1) is 0 Å². The van der Waals surface area contributed by atoms with Gasteiger partial charge in [0.25, 0.3) is 5.91 Å². The first-order valence-corrected chi connectivity index (χ1v) is 13.2. The number of piperazine rings is 1. The average Bonchev–Trinajstić information content (AvgIpc) is 3.55. The zero-order chi connectivity index (χ0) is 25.1. The summed E-state index contributed by atoms with van der Waals surface area (Å²) in [5, 5.41) is 4.27. The van der Waals surface area contributed by atoms with Gasteiger partial charge in [0.2, 0.25) is 5.95 Å². The van der Waals surface area contributed by atoms with Crippen LogP contribution in [0.4, 0.5) is 17.3 Å². The van der Waals surface area contributed by atoms with Gasteiger partial charge in [-0.05, 0) is 62.7 Å². The Morgan fingerprint density at radius 2 is 1.83 bits per heavy atom. The number of nitrogens with zero attached hydrogens (tertiary/aromatic N) is 6. The molecule has 1 amide bonds. The highest BCUT2D eigenvalue weighted by molar-refractivity contribution is 5.97. The Hall–Kier alpha value is -3.17. The molecule has 1 aliphatic heterocycles. The van der Waals surface area contributed by atoms with E-state index in [9.17, 15) is 4.79 Å². The number of nitrogens with two attached hydrogens (primary N) is 1. The highest BCUT2D eigenvalue weighted by Crippen LogP contribution is 2.35. The highest BCUT2D eigenvalue weighted by Gasteiger charge is 2.26. The van der Waals surface area contributed by atoms with Gasteiger partial charge in [-0.2, -0.15) is 4.98 Å². The lowest BCUT2D eigenvalue weighted by Crippen LogP contribution is -2.46. The van der Waals surface area contributed by atoms with E-state index in [4.69, 9.17) is 10.7 Å². The van der Waals surface area contributed by atoms with E-state index in [-0.39, 0.29) is 5.91 Å². The van der Waals surface area contributed by atoms with Crippen LogP contribution >= 0.6 is 0 Å². The number of aromatic nitrogens is 3. The first kappa shape index (κ1) is 24.5. The molecule has 0 spiro atoms. The van der Waals surface area contributed by atoms with Crippen molar-refractivity contribution in [2.24, 2.45) is 5.73 Å². The van der Waals surface area contributed by atoms with E-state index in [0.29, 0.717) is 17.7 Å². The fourth-order valence-corrected chi connectivity index (χ4v) is 5.42. The predicted molar refractivity (Wildman–Crippen MR) is 145 cm³/mol. The van der Waals surface area contributed by atoms with Gasteiger partial charge in [-0.1, -0.05) is 12.8 Å². The number of anilines is 3. The highest BCUT2D eigenvalue weighted by atomic mass is 16.2. The van der Waals surface area contributed by atoms with E-state index in [1.807, 2.05) is 12.3 Å². The molecule has 3 heterocycles. The van der Waals surface area contributed by atoms with Crippen molar-refractivity contribution in [2.75, 3.05) is 63.6 Å². The van der Waals surface area contributed by atoms with Gasteiger partial charge in [-0.15, -0.1) is 0 Å². The minimum atomic E-state index is 0.00483. The van der Waals surface area contributed by atoms with E-state index in [1.165, 1.54) is 18.5 Å². The van der Waals surface area contributed by atoms with Gasteiger partial charge in [0.15, 0.2) is 0 Å². The molecule has 9 heteroatoms. The van der Waals surface area contributed by atoms with Crippen LogP contribution in [0.2, 0.25) is 0 Å². The number of hydrogen-bond acceptors (Lipinski definition) is 7. The summed E-state index contributed by atoms with van der Waals surface area (Å²) in [4.78, 5) is 28.9. The fourth-order valence-electron chi connectivity index (χ4n) is 5.42. The maximum atomic E-state index is 12.9. The van der Waals surface area contributed by atoms with Crippen LogP contribution in [0.5, 0.6) is 0 Å². The van der Waals surface area contributed by atoms with Gasteiger partial charge in [-0.3, -0.25) is 9.69 Å². The molecule has 2 aromatic heterocycles. The molecule has 0 atom stereocenters. The van der Waals surface area contributed by atoms with E-state index < -0.39 is 0 Å². The number of benzene rings is 1.